The van der Waals surface area contributed by atoms with Crippen molar-refractivity contribution in [3.8, 4) is 0 Å². The number of aldehydes is 1. The molecule has 0 spiro atoms. The standard InChI is InChI=1S/C13H22O/c1-11(2)5-3-6-12-7-4-8-13(9-12)10-14/h4,7,10-13H,3,5-6,8-9H2,1-2H3. The van der Waals surface area contributed by atoms with Gasteiger partial charge in [0.05, 0.1) is 0 Å². The highest BCUT2D eigenvalue weighted by Crippen LogP contribution is 2.26. The summed E-state index contributed by atoms with van der Waals surface area (Å²) in [7, 11) is 0. The molecule has 1 heteroatoms. The van der Waals surface area contributed by atoms with E-state index < -0.39 is 0 Å². The Kier molecular flexibility index (Phi) is 4.92. The van der Waals surface area contributed by atoms with Crippen LogP contribution in [0.15, 0.2) is 12.2 Å². The molecule has 0 amide bonds. The Balaban J connectivity index is 2.21. The third kappa shape index (κ3) is 4.08. The number of hydrogen-bond donors (Lipinski definition) is 0. The van der Waals surface area contributed by atoms with Crippen LogP contribution >= 0.6 is 0 Å². The van der Waals surface area contributed by atoms with E-state index in [2.05, 4.69) is 26.0 Å². The Morgan fingerprint density at radius 2 is 2.29 bits per heavy atom. The molecule has 0 saturated carbocycles. The lowest BCUT2D eigenvalue weighted by Crippen LogP contribution is -2.12. The maximum Gasteiger partial charge on any atom is 0.123 e. The van der Waals surface area contributed by atoms with E-state index in [0.717, 1.165) is 25.0 Å². The van der Waals surface area contributed by atoms with E-state index in [1.807, 2.05) is 0 Å². The Bertz CT molecular complexity index is 193. The fraction of sp³-hybridized carbons (Fsp3) is 0.769. The van der Waals surface area contributed by atoms with Gasteiger partial charge in [0.2, 0.25) is 0 Å². The highest BCUT2D eigenvalue weighted by Gasteiger charge is 2.16. The second kappa shape index (κ2) is 6.00. The van der Waals surface area contributed by atoms with Gasteiger partial charge in [0.1, 0.15) is 6.29 Å². The van der Waals surface area contributed by atoms with Crippen LogP contribution in [0.3, 0.4) is 0 Å². The van der Waals surface area contributed by atoms with Crippen LogP contribution in [0.2, 0.25) is 0 Å². The van der Waals surface area contributed by atoms with E-state index in [1.165, 1.54) is 19.3 Å². The molecule has 14 heavy (non-hydrogen) atoms. The summed E-state index contributed by atoms with van der Waals surface area (Å²) in [5.41, 5.74) is 0. The van der Waals surface area contributed by atoms with Gasteiger partial charge in [0.25, 0.3) is 0 Å². The Labute approximate surface area is 87.6 Å². The highest BCUT2D eigenvalue weighted by molar-refractivity contribution is 5.54. The van der Waals surface area contributed by atoms with Gasteiger partial charge in [0.15, 0.2) is 0 Å². The van der Waals surface area contributed by atoms with Crippen molar-refractivity contribution in [3.63, 3.8) is 0 Å². The second-order valence-electron chi connectivity index (χ2n) is 4.88. The van der Waals surface area contributed by atoms with Crippen molar-refractivity contribution in [2.24, 2.45) is 17.8 Å². The molecule has 1 rings (SSSR count). The van der Waals surface area contributed by atoms with Gasteiger partial charge in [-0.05, 0) is 31.1 Å². The number of carbonyl (C=O) groups excluding carboxylic acids is 1. The fourth-order valence-corrected chi connectivity index (χ4v) is 2.12. The Morgan fingerprint density at radius 1 is 1.50 bits per heavy atom. The molecule has 1 aliphatic rings. The van der Waals surface area contributed by atoms with Crippen molar-refractivity contribution in [2.45, 2.75) is 46.0 Å². The maximum absolute atomic E-state index is 10.7. The predicted octanol–water partition coefficient (Wildman–Crippen LogP) is 3.59. The highest BCUT2D eigenvalue weighted by atomic mass is 16.1. The summed E-state index contributed by atoms with van der Waals surface area (Å²) in [5.74, 6) is 1.77. The minimum atomic E-state index is 0.295. The monoisotopic (exact) mass is 194 g/mol. The van der Waals surface area contributed by atoms with Crippen LogP contribution in [0, 0.1) is 17.8 Å². The lowest BCUT2D eigenvalue weighted by Gasteiger charge is -2.20. The van der Waals surface area contributed by atoms with Crippen LogP contribution in [0.1, 0.15) is 46.0 Å². The van der Waals surface area contributed by atoms with Gasteiger partial charge < -0.3 is 4.79 Å². The summed E-state index contributed by atoms with van der Waals surface area (Å²) in [6.07, 6.45) is 11.5. The Hall–Kier alpha value is -0.590. The number of allylic oxidation sites excluding steroid dienone is 2. The molecule has 2 unspecified atom stereocenters. The zero-order chi connectivity index (χ0) is 10.4. The molecule has 0 N–H and O–H groups in total. The van der Waals surface area contributed by atoms with Crippen molar-refractivity contribution in [2.75, 3.05) is 0 Å². The van der Waals surface area contributed by atoms with Crippen LogP contribution < -0.4 is 0 Å². The molecule has 80 valence electrons. The van der Waals surface area contributed by atoms with Gasteiger partial charge in [-0.2, -0.15) is 0 Å². The third-order valence-corrected chi connectivity index (χ3v) is 3.00. The first-order chi connectivity index (χ1) is 6.72. The molecule has 0 radical (unpaired) electrons. The smallest absolute Gasteiger partial charge is 0.123 e. The first-order valence-electron chi connectivity index (χ1n) is 5.84. The normalized spacial score (nSPS) is 26.8. The molecule has 1 nitrogen and oxygen atoms in total. The van der Waals surface area contributed by atoms with E-state index in [1.54, 1.807) is 0 Å². The average molecular weight is 194 g/mol. The number of carbonyl (C=O) groups is 1. The molecular formula is C13H22O. The summed E-state index contributed by atoms with van der Waals surface area (Å²) in [6, 6.07) is 0. The van der Waals surface area contributed by atoms with Gasteiger partial charge >= 0.3 is 0 Å². The summed E-state index contributed by atoms with van der Waals surface area (Å²) in [5, 5.41) is 0. The summed E-state index contributed by atoms with van der Waals surface area (Å²) >= 11 is 0. The summed E-state index contributed by atoms with van der Waals surface area (Å²) in [6.45, 7) is 4.54. The van der Waals surface area contributed by atoms with E-state index in [-0.39, 0.29) is 0 Å². The number of rotatable bonds is 5. The predicted molar refractivity (Wildman–Crippen MR) is 60.1 cm³/mol. The molecule has 0 bridgehead atoms. The summed E-state index contributed by atoms with van der Waals surface area (Å²) in [4.78, 5) is 10.7. The third-order valence-electron chi connectivity index (χ3n) is 3.00. The molecule has 0 aliphatic heterocycles. The van der Waals surface area contributed by atoms with Crippen LogP contribution in [0.5, 0.6) is 0 Å². The molecule has 0 saturated heterocycles. The van der Waals surface area contributed by atoms with E-state index in [4.69, 9.17) is 0 Å². The van der Waals surface area contributed by atoms with Crippen molar-refractivity contribution < 1.29 is 4.79 Å². The lowest BCUT2D eigenvalue weighted by atomic mass is 9.84. The van der Waals surface area contributed by atoms with Crippen LogP contribution in [-0.4, -0.2) is 6.29 Å². The minimum Gasteiger partial charge on any atom is -0.303 e. The zero-order valence-electron chi connectivity index (χ0n) is 9.41. The first-order valence-corrected chi connectivity index (χ1v) is 5.84. The quantitative estimate of drug-likeness (QED) is 0.483. The van der Waals surface area contributed by atoms with Gasteiger partial charge in [-0.15, -0.1) is 0 Å². The van der Waals surface area contributed by atoms with Gasteiger partial charge in [-0.3, -0.25) is 0 Å². The fourth-order valence-electron chi connectivity index (χ4n) is 2.12. The maximum atomic E-state index is 10.7. The van der Waals surface area contributed by atoms with Crippen LogP contribution in [0.25, 0.3) is 0 Å². The minimum absolute atomic E-state index is 0.295. The molecule has 2 atom stereocenters. The second-order valence-corrected chi connectivity index (χ2v) is 4.88. The topological polar surface area (TPSA) is 17.1 Å². The van der Waals surface area contributed by atoms with Crippen molar-refractivity contribution in [3.05, 3.63) is 12.2 Å². The molecule has 0 aromatic carbocycles. The van der Waals surface area contributed by atoms with Crippen molar-refractivity contribution in [1.82, 2.24) is 0 Å². The summed E-state index contributed by atoms with van der Waals surface area (Å²) < 4.78 is 0. The number of hydrogen-bond acceptors (Lipinski definition) is 1. The van der Waals surface area contributed by atoms with Crippen molar-refractivity contribution in [1.29, 1.82) is 0 Å². The SMILES string of the molecule is CC(C)CCCC1C=CCC(C=O)C1. The molecule has 0 aromatic rings. The zero-order valence-corrected chi connectivity index (χ0v) is 9.41. The van der Waals surface area contributed by atoms with Crippen LogP contribution in [0.4, 0.5) is 0 Å². The first kappa shape index (κ1) is 11.5. The molecular weight excluding hydrogens is 172 g/mol. The average Bonchev–Trinajstić information content (AvgIpc) is 2.18. The van der Waals surface area contributed by atoms with Crippen LogP contribution in [-0.2, 0) is 4.79 Å². The van der Waals surface area contributed by atoms with E-state index in [0.29, 0.717) is 11.8 Å². The Morgan fingerprint density at radius 3 is 2.93 bits per heavy atom. The van der Waals surface area contributed by atoms with Crippen molar-refractivity contribution >= 4 is 6.29 Å². The van der Waals surface area contributed by atoms with Gasteiger partial charge in [-0.25, -0.2) is 0 Å². The van der Waals surface area contributed by atoms with E-state index >= 15 is 0 Å². The molecule has 0 heterocycles. The van der Waals surface area contributed by atoms with E-state index in [9.17, 15) is 4.79 Å². The van der Waals surface area contributed by atoms with Gasteiger partial charge in [0, 0.05) is 5.92 Å². The largest absolute Gasteiger partial charge is 0.303 e. The molecule has 0 aromatic heterocycles. The van der Waals surface area contributed by atoms with Gasteiger partial charge in [-0.1, -0.05) is 38.8 Å². The molecule has 1 aliphatic carbocycles. The molecule has 0 fully saturated rings. The lowest BCUT2D eigenvalue weighted by molar-refractivity contribution is -0.111.